The highest BCUT2D eigenvalue weighted by Crippen LogP contribution is 2.35. The predicted octanol–water partition coefficient (Wildman–Crippen LogP) is 7.77. The van der Waals surface area contributed by atoms with Gasteiger partial charge in [-0.3, -0.25) is 4.79 Å². The molecule has 39 heavy (non-hydrogen) atoms. The zero-order chi connectivity index (χ0) is 27.2. The Morgan fingerprint density at radius 2 is 1.64 bits per heavy atom. The van der Waals surface area contributed by atoms with Crippen molar-refractivity contribution in [3.8, 4) is 11.5 Å². The van der Waals surface area contributed by atoms with Gasteiger partial charge in [-0.25, -0.2) is 10.2 Å². The minimum atomic E-state index is -0.538. The summed E-state index contributed by atoms with van der Waals surface area (Å²) in [6.45, 7) is 0.387. The molecule has 5 aromatic rings. The van der Waals surface area contributed by atoms with Crippen LogP contribution >= 0.6 is 34.5 Å². The molecule has 6 nitrogen and oxygen atoms in total. The van der Waals surface area contributed by atoms with E-state index in [1.54, 1.807) is 60.7 Å². The van der Waals surface area contributed by atoms with Crippen molar-refractivity contribution < 1.29 is 19.1 Å². The molecule has 1 heterocycles. The van der Waals surface area contributed by atoms with Crippen LogP contribution in [0.15, 0.2) is 102 Å². The van der Waals surface area contributed by atoms with Gasteiger partial charge in [-0.05, 0) is 65.7 Å². The molecule has 5 rings (SSSR count). The van der Waals surface area contributed by atoms with Gasteiger partial charge in [0.2, 0.25) is 0 Å². The molecule has 1 N–H and O–H groups in total. The summed E-state index contributed by atoms with van der Waals surface area (Å²) in [6, 6.07) is 28.4. The monoisotopic (exact) mass is 574 g/mol. The number of hydrogen-bond acceptors (Lipinski definition) is 6. The third-order valence-corrected chi connectivity index (χ3v) is 7.51. The number of carbonyl (C=O) groups excluding carboxylic acids is 2. The molecule has 194 valence electrons. The Labute approximate surface area is 238 Å². The van der Waals surface area contributed by atoms with E-state index in [1.165, 1.54) is 17.6 Å². The number of fused-ring (bicyclic) bond motifs is 1. The van der Waals surface area contributed by atoms with Crippen molar-refractivity contribution in [2.75, 3.05) is 0 Å². The molecular formula is C30H20Cl2N2O4S. The quantitative estimate of drug-likeness (QED) is 0.0888. The fourth-order valence-electron chi connectivity index (χ4n) is 3.64. The first kappa shape index (κ1) is 26.4. The van der Waals surface area contributed by atoms with Gasteiger partial charge in [0.25, 0.3) is 5.91 Å². The van der Waals surface area contributed by atoms with Gasteiger partial charge in [0, 0.05) is 20.7 Å². The van der Waals surface area contributed by atoms with E-state index in [2.05, 4.69) is 10.5 Å². The highest BCUT2D eigenvalue weighted by atomic mass is 35.5. The van der Waals surface area contributed by atoms with Crippen LogP contribution in [0.4, 0.5) is 0 Å². The largest absolute Gasteiger partial charge is 0.489 e. The first-order chi connectivity index (χ1) is 19.0. The van der Waals surface area contributed by atoms with E-state index >= 15 is 0 Å². The molecule has 9 heteroatoms. The normalized spacial score (nSPS) is 11.0. The van der Waals surface area contributed by atoms with Gasteiger partial charge in [0.15, 0.2) is 0 Å². The van der Waals surface area contributed by atoms with Crippen molar-refractivity contribution in [1.82, 2.24) is 5.43 Å². The Morgan fingerprint density at radius 1 is 0.872 bits per heavy atom. The summed E-state index contributed by atoms with van der Waals surface area (Å²) in [5.74, 6) is 0.0490. The third kappa shape index (κ3) is 6.64. The van der Waals surface area contributed by atoms with Crippen molar-refractivity contribution in [2.24, 2.45) is 5.10 Å². The van der Waals surface area contributed by atoms with Crippen molar-refractivity contribution in [2.45, 2.75) is 6.61 Å². The lowest BCUT2D eigenvalue weighted by Gasteiger charge is -2.07. The van der Waals surface area contributed by atoms with E-state index < -0.39 is 5.97 Å². The van der Waals surface area contributed by atoms with Gasteiger partial charge in [-0.1, -0.05) is 65.7 Å². The molecule has 4 aromatic carbocycles. The third-order valence-electron chi connectivity index (χ3n) is 5.60. The SMILES string of the molecule is O=C(N/N=C\c1cccc(OC(=O)c2sc3ccccc3c2Cl)c1)c1ccc(OCc2ccc(Cl)cc2)cc1. The standard InChI is InChI=1S/C30H20Cl2N2O4S/c31-22-12-8-19(9-13-22)18-37-23-14-10-21(11-15-23)29(35)34-33-17-20-4-3-5-24(16-20)38-30(36)28-27(32)25-6-1-2-7-26(25)39-28/h1-17H,18H2,(H,34,35)/b33-17-. The van der Waals surface area contributed by atoms with E-state index in [4.69, 9.17) is 32.7 Å². The first-order valence-corrected chi connectivity index (χ1v) is 13.3. The maximum absolute atomic E-state index is 12.7. The van der Waals surface area contributed by atoms with Crippen LogP contribution in [0.25, 0.3) is 10.1 Å². The summed E-state index contributed by atoms with van der Waals surface area (Å²) in [5, 5.41) is 5.88. The Kier molecular flexibility index (Phi) is 8.22. The number of ether oxygens (including phenoxy) is 2. The summed E-state index contributed by atoms with van der Waals surface area (Å²) < 4.78 is 12.2. The van der Waals surface area contributed by atoms with E-state index in [9.17, 15) is 9.59 Å². The minimum Gasteiger partial charge on any atom is -0.489 e. The summed E-state index contributed by atoms with van der Waals surface area (Å²) >= 11 is 13.6. The number of rotatable bonds is 8. The Morgan fingerprint density at radius 3 is 2.41 bits per heavy atom. The van der Waals surface area contributed by atoms with Gasteiger partial charge in [-0.2, -0.15) is 5.10 Å². The molecule has 0 aliphatic heterocycles. The van der Waals surface area contributed by atoms with Crippen LogP contribution in [0.2, 0.25) is 10.0 Å². The van der Waals surface area contributed by atoms with Crippen molar-refractivity contribution in [3.63, 3.8) is 0 Å². The number of nitrogens with zero attached hydrogens (tertiary/aromatic N) is 1. The second-order valence-electron chi connectivity index (χ2n) is 8.34. The molecule has 0 aliphatic carbocycles. The number of esters is 1. The van der Waals surface area contributed by atoms with E-state index in [0.29, 0.717) is 44.2 Å². The lowest BCUT2D eigenvalue weighted by atomic mass is 10.2. The zero-order valence-electron chi connectivity index (χ0n) is 20.3. The molecule has 0 unspecified atom stereocenters. The topological polar surface area (TPSA) is 77.0 Å². The molecule has 0 fully saturated rings. The van der Waals surface area contributed by atoms with Crippen molar-refractivity contribution >= 4 is 62.7 Å². The van der Waals surface area contributed by atoms with Gasteiger partial charge >= 0.3 is 5.97 Å². The highest BCUT2D eigenvalue weighted by Gasteiger charge is 2.19. The van der Waals surface area contributed by atoms with E-state index in [0.717, 1.165) is 15.6 Å². The minimum absolute atomic E-state index is 0.331. The molecule has 1 aromatic heterocycles. The second-order valence-corrected chi connectivity index (χ2v) is 10.2. The van der Waals surface area contributed by atoms with Crippen LogP contribution in [0.5, 0.6) is 11.5 Å². The average Bonchev–Trinajstić information content (AvgIpc) is 3.30. The zero-order valence-corrected chi connectivity index (χ0v) is 22.6. The van der Waals surface area contributed by atoms with Crippen LogP contribution in [-0.4, -0.2) is 18.1 Å². The molecule has 1 amide bonds. The number of hydrazone groups is 1. The van der Waals surface area contributed by atoms with Crippen molar-refractivity contribution in [1.29, 1.82) is 0 Å². The molecule has 0 atom stereocenters. The number of thiophene rings is 1. The maximum atomic E-state index is 12.7. The average molecular weight is 575 g/mol. The van der Waals surface area contributed by atoms with Crippen LogP contribution in [0.1, 0.15) is 31.2 Å². The molecule has 0 spiro atoms. The smallest absolute Gasteiger partial charge is 0.355 e. The van der Waals surface area contributed by atoms with E-state index in [1.807, 2.05) is 36.4 Å². The van der Waals surface area contributed by atoms with Crippen LogP contribution in [0.3, 0.4) is 0 Å². The van der Waals surface area contributed by atoms with Crippen molar-refractivity contribution in [3.05, 3.63) is 129 Å². The number of nitrogens with one attached hydrogen (secondary N) is 1. The van der Waals surface area contributed by atoms with Crippen LogP contribution in [0, 0.1) is 0 Å². The van der Waals surface area contributed by atoms with Gasteiger partial charge in [0.05, 0.1) is 11.2 Å². The lowest BCUT2D eigenvalue weighted by molar-refractivity contribution is 0.0739. The number of amides is 1. The molecule has 0 saturated heterocycles. The fourth-order valence-corrected chi connectivity index (χ4v) is 5.15. The Bertz CT molecular complexity index is 1670. The second kappa shape index (κ2) is 12.1. The van der Waals surface area contributed by atoms with Gasteiger partial charge in [-0.15, -0.1) is 11.3 Å². The fraction of sp³-hybridized carbons (Fsp3) is 0.0333. The number of carbonyl (C=O) groups is 2. The summed E-state index contributed by atoms with van der Waals surface area (Å²) in [4.78, 5) is 25.5. The van der Waals surface area contributed by atoms with E-state index in [-0.39, 0.29) is 5.91 Å². The highest BCUT2D eigenvalue weighted by molar-refractivity contribution is 7.21. The molecule has 0 radical (unpaired) electrons. The Balaban J connectivity index is 1.15. The maximum Gasteiger partial charge on any atom is 0.355 e. The molecular weight excluding hydrogens is 555 g/mol. The summed E-state index contributed by atoms with van der Waals surface area (Å²) in [6.07, 6.45) is 1.46. The Hall–Kier alpha value is -4.17. The van der Waals surface area contributed by atoms with Gasteiger partial charge < -0.3 is 9.47 Å². The summed E-state index contributed by atoms with van der Waals surface area (Å²) in [7, 11) is 0. The van der Waals surface area contributed by atoms with Crippen LogP contribution < -0.4 is 14.9 Å². The van der Waals surface area contributed by atoms with Crippen LogP contribution in [-0.2, 0) is 6.61 Å². The first-order valence-electron chi connectivity index (χ1n) is 11.8. The molecule has 0 saturated carbocycles. The van der Waals surface area contributed by atoms with Gasteiger partial charge in [0.1, 0.15) is 23.0 Å². The predicted molar refractivity (Wildman–Crippen MR) is 156 cm³/mol. The number of halogens is 2. The number of benzene rings is 4. The lowest BCUT2D eigenvalue weighted by Crippen LogP contribution is -2.17. The molecule has 0 aliphatic rings. The molecule has 0 bridgehead atoms. The summed E-state index contributed by atoms with van der Waals surface area (Å²) in [5.41, 5.74) is 4.53. The number of hydrogen-bond donors (Lipinski definition) is 1.